The quantitative estimate of drug-likeness (QED) is 0.628. The van der Waals surface area contributed by atoms with E-state index in [0.717, 1.165) is 0 Å². The Kier molecular flexibility index (Phi) is 4.18. The Bertz CT molecular complexity index is 1060. The summed E-state index contributed by atoms with van der Waals surface area (Å²) in [5, 5.41) is 18.7. The fourth-order valence-corrected chi connectivity index (χ4v) is 3.12. The van der Waals surface area contributed by atoms with E-state index in [1.54, 1.807) is 30.3 Å². The number of fused-ring (bicyclic) bond motifs is 2. The van der Waals surface area contributed by atoms with Gasteiger partial charge in [0.25, 0.3) is 5.91 Å². The maximum absolute atomic E-state index is 12.1. The van der Waals surface area contributed by atoms with Gasteiger partial charge in [-0.1, -0.05) is 29.3 Å². The summed E-state index contributed by atoms with van der Waals surface area (Å²) in [6.07, 6.45) is 0.0255. The first kappa shape index (κ1) is 16.7. The van der Waals surface area contributed by atoms with E-state index in [4.69, 9.17) is 32.7 Å². The van der Waals surface area contributed by atoms with Crippen LogP contribution in [0.25, 0.3) is 10.9 Å². The molecule has 2 aromatic carbocycles. The molecule has 132 valence electrons. The maximum Gasteiger partial charge on any atom is 0.269 e. The van der Waals surface area contributed by atoms with Gasteiger partial charge < -0.3 is 19.6 Å². The van der Waals surface area contributed by atoms with Gasteiger partial charge in [0.1, 0.15) is 0 Å². The van der Waals surface area contributed by atoms with Crippen molar-refractivity contribution in [3.05, 3.63) is 45.9 Å². The van der Waals surface area contributed by atoms with E-state index < -0.39 is 5.91 Å². The first-order valence-corrected chi connectivity index (χ1v) is 8.30. The molecule has 3 aromatic rings. The highest BCUT2D eigenvalue weighted by Gasteiger charge is 2.17. The van der Waals surface area contributed by atoms with Crippen molar-refractivity contribution >= 4 is 45.7 Å². The molecule has 9 heteroatoms. The van der Waals surface area contributed by atoms with Gasteiger partial charge in [0.05, 0.1) is 27.4 Å². The average Bonchev–Trinajstić information content (AvgIpc) is 3.20. The summed E-state index contributed by atoms with van der Waals surface area (Å²) >= 11 is 12.2. The van der Waals surface area contributed by atoms with Gasteiger partial charge in [-0.3, -0.25) is 4.79 Å². The lowest BCUT2D eigenvalue weighted by molar-refractivity contribution is -0.117. The van der Waals surface area contributed by atoms with Crippen LogP contribution in [-0.4, -0.2) is 22.8 Å². The monoisotopic (exact) mass is 391 g/mol. The molecule has 1 aliphatic rings. The van der Waals surface area contributed by atoms with Gasteiger partial charge in [-0.25, -0.2) is 0 Å². The molecule has 0 saturated heterocycles. The van der Waals surface area contributed by atoms with Crippen molar-refractivity contribution in [3.8, 4) is 17.4 Å². The van der Waals surface area contributed by atoms with Gasteiger partial charge in [0.15, 0.2) is 17.2 Å². The van der Waals surface area contributed by atoms with Crippen molar-refractivity contribution in [2.24, 2.45) is 10.2 Å². The summed E-state index contributed by atoms with van der Waals surface area (Å²) in [6.45, 7) is 0.162. The summed E-state index contributed by atoms with van der Waals surface area (Å²) in [4.78, 5) is 14.8. The number of azo groups is 1. The zero-order valence-corrected chi connectivity index (χ0v) is 14.6. The number of rotatable bonds is 3. The molecular weight excluding hydrogens is 381 g/mol. The van der Waals surface area contributed by atoms with E-state index in [1.807, 2.05) is 0 Å². The average molecular weight is 392 g/mol. The van der Waals surface area contributed by atoms with Gasteiger partial charge in [0.2, 0.25) is 12.7 Å². The van der Waals surface area contributed by atoms with Gasteiger partial charge in [0, 0.05) is 0 Å². The second-order valence-electron chi connectivity index (χ2n) is 5.56. The number of benzene rings is 2. The van der Waals surface area contributed by atoms with Crippen molar-refractivity contribution < 1.29 is 19.4 Å². The lowest BCUT2D eigenvalue weighted by Gasteiger charge is -2.00. The van der Waals surface area contributed by atoms with Crippen molar-refractivity contribution in [2.45, 2.75) is 6.42 Å². The zero-order chi connectivity index (χ0) is 18.3. The number of aromatic hydroxyl groups is 1. The summed E-state index contributed by atoms with van der Waals surface area (Å²) in [6, 6.07) is 8.37. The second-order valence-corrected chi connectivity index (χ2v) is 6.37. The normalized spacial score (nSPS) is 13.0. The predicted molar refractivity (Wildman–Crippen MR) is 95.8 cm³/mol. The number of aromatic amines is 1. The van der Waals surface area contributed by atoms with E-state index in [2.05, 4.69) is 15.2 Å². The number of carbonyl (C=O) groups excluding carboxylic acids is 1. The van der Waals surface area contributed by atoms with Crippen LogP contribution < -0.4 is 9.47 Å². The number of ether oxygens (including phenoxy) is 2. The largest absolute Gasteiger partial charge is 0.493 e. The predicted octanol–water partition coefficient (Wildman–Crippen LogP) is 4.76. The number of nitrogens with one attached hydrogen (secondary N) is 1. The lowest BCUT2D eigenvalue weighted by Crippen LogP contribution is -1.97. The molecule has 26 heavy (non-hydrogen) atoms. The molecule has 0 saturated carbocycles. The Morgan fingerprint density at radius 1 is 1.15 bits per heavy atom. The van der Waals surface area contributed by atoms with Gasteiger partial charge in [-0.2, -0.15) is 0 Å². The minimum absolute atomic E-state index is 0.0255. The fourth-order valence-electron chi connectivity index (χ4n) is 2.67. The van der Waals surface area contributed by atoms with E-state index in [9.17, 15) is 9.90 Å². The van der Waals surface area contributed by atoms with Crippen molar-refractivity contribution in [1.82, 2.24) is 4.98 Å². The highest BCUT2D eigenvalue weighted by atomic mass is 35.5. The lowest BCUT2D eigenvalue weighted by atomic mass is 10.1. The highest BCUT2D eigenvalue weighted by molar-refractivity contribution is 6.41. The van der Waals surface area contributed by atoms with Crippen molar-refractivity contribution in [1.29, 1.82) is 0 Å². The third kappa shape index (κ3) is 2.95. The number of hydrogen-bond acceptors (Lipinski definition) is 5. The molecule has 0 radical (unpaired) electrons. The number of hydrogen-bond donors (Lipinski definition) is 2. The Hall–Kier alpha value is -2.77. The van der Waals surface area contributed by atoms with Gasteiger partial charge >= 0.3 is 0 Å². The number of carbonyl (C=O) groups is 1. The minimum Gasteiger partial charge on any atom is -0.493 e. The maximum atomic E-state index is 12.1. The first-order valence-electron chi connectivity index (χ1n) is 7.54. The molecule has 1 amide bonds. The molecule has 0 bridgehead atoms. The molecule has 0 aliphatic carbocycles. The topological polar surface area (TPSA) is 96.3 Å². The molecule has 0 atom stereocenters. The van der Waals surface area contributed by atoms with E-state index >= 15 is 0 Å². The summed E-state index contributed by atoms with van der Waals surface area (Å²) in [7, 11) is 0. The number of aromatic nitrogens is 1. The van der Waals surface area contributed by atoms with E-state index in [0.29, 0.717) is 38.0 Å². The first-order chi connectivity index (χ1) is 12.5. The Morgan fingerprint density at radius 2 is 1.92 bits per heavy atom. The van der Waals surface area contributed by atoms with Crippen LogP contribution in [0.3, 0.4) is 0 Å². The highest BCUT2D eigenvalue weighted by Crippen LogP contribution is 2.42. The fraction of sp³-hybridized carbons (Fsp3) is 0.118. The van der Waals surface area contributed by atoms with Crippen molar-refractivity contribution in [2.75, 3.05) is 6.79 Å². The summed E-state index contributed by atoms with van der Waals surface area (Å²) < 4.78 is 10.5. The van der Waals surface area contributed by atoms with Gasteiger partial charge in [-0.05, 0) is 29.8 Å². The number of nitrogens with zero attached hydrogens (tertiary/aromatic N) is 2. The van der Waals surface area contributed by atoms with E-state index in [1.165, 1.54) is 0 Å². The number of halogens is 2. The van der Waals surface area contributed by atoms with Crippen LogP contribution in [0.5, 0.6) is 17.4 Å². The third-order valence-electron chi connectivity index (χ3n) is 3.86. The van der Waals surface area contributed by atoms with Crippen LogP contribution >= 0.6 is 23.2 Å². The third-order valence-corrected chi connectivity index (χ3v) is 4.49. The minimum atomic E-state index is -0.490. The molecule has 2 heterocycles. The number of H-pyrrole nitrogens is 1. The van der Waals surface area contributed by atoms with Gasteiger partial charge in [-0.15, -0.1) is 10.2 Å². The van der Waals surface area contributed by atoms with Crippen LogP contribution in [0.1, 0.15) is 5.56 Å². The Labute approximate surface area is 157 Å². The zero-order valence-electron chi connectivity index (χ0n) is 13.1. The summed E-state index contributed by atoms with van der Waals surface area (Å²) in [5.74, 6) is 0.464. The SMILES string of the molecule is O=C(Cc1ccc2c(c1)OCO2)N=Nc1c(O)[nH]c2c(Cl)ccc(Cl)c12. The van der Waals surface area contributed by atoms with Crippen LogP contribution in [0.4, 0.5) is 5.69 Å². The van der Waals surface area contributed by atoms with Crippen molar-refractivity contribution in [3.63, 3.8) is 0 Å². The Morgan fingerprint density at radius 3 is 2.77 bits per heavy atom. The second kappa shape index (κ2) is 6.51. The molecule has 1 aromatic heterocycles. The smallest absolute Gasteiger partial charge is 0.269 e. The molecule has 0 fully saturated rings. The molecule has 7 nitrogen and oxygen atoms in total. The van der Waals surface area contributed by atoms with Crippen LogP contribution in [-0.2, 0) is 11.2 Å². The standard InChI is InChI=1S/C17H11Cl2N3O4/c18-9-2-3-10(19)15-14(9)16(17(24)20-15)22-21-13(23)6-8-1-4-11-12(5-8)26-7-25-11/h1-5,20,24H,6-7H2. The molecule has 0 unspecified atom stereocenters. The van der Waals surface area contributed by atoms with Crippen LogP contribution in [0.15, 0.2) is 40.6 Å². The van der Waals surface area contributed by atoms with Crippen LogP contribution in [0.2, 0.25) is 10.0 Å². The molecule has 2 N–H and O–H groups in total. The Balaban J connectivity index is 1.58. The molecule has 4 rings (SSSR count). The molecule has 0 spiro atoms. The number of amides is 1. The molecule has 1 aliphatic heterocycles. The molecular formula is C17H11Cl2N3O4. The summed E-state index contributed by atoms with van der Waals surface area (Å²) in [5.41, 5.74) is 1.20. The van der Waals surface area contributed by atoms with Crippen LogP contribution in [0, 0.1) is 0 Å². The van der Waals surface area contributed by atoms with E-state index in [-0.39, 0.29) is 24.8 Å².